The summed E-state index contributed by atoms with van der Waals surface area (Å²) < 4.78 is 0. The third-order valence-corrected chi connectivity index (χ3v) is 1.77. The summed E-state index contributed by atoms with van der Waals surface area (Å²) in [4.78, 5) is 9.94. The van der Waals surface area contributed by atoms with Gasteiger partial charge in [0, 0.05) is 5.75 Å². The van der Waals surface area contributed by atoms with Crippen LogP contribution in [0.5, 0.6) is 0 Å². The lowest BCUT2D eigenvalue weighted by Crippen LogP contribution is -2.15. The molecule has 0 saturated carbocycles. The monoisotopic (exact) mass is 154 g/mol. The van der Waals surface area contributed by atoms with E-state index in [9.17, 15) is 4.79 Å². The minimum Gasteiger partial charge on any atom is -0.480 e. The van der Waals surface area contributed by atoms with E-state index in [2.05, 4.69) is 0 Å². The van der Waals surface area contributed by atoms with Crippen LogP contribution in [-0.2, 0) is 4.79 Å². The lowest BCUT2D eigenvalue weighted by atomic mass is 10.5. The number of hydrogen-bond donors (Lipinski definition) is 1. The first kappa shape index (κ1) is 8.11. The zero-order chi connectivity index (χ0) is 6.57. The first-order valence-corrected chi connectivity index (χ1v) is 3.87. The number of alkyl halides is 1. The molecule has 0 spiro atoms. The molecule has 0 aromatic rings. The van der Waals surface area contributed by atoms with Gasteiger partial charge >= 0.3 is 5.97 Å². The van der Waals surface area contributed by atoms with E-state index in [0.717, 1.165) is 0 Å². The highest BCUT2D eigenvalue weighted by molar-refractivity contribution is 7.98. The van der Waals surface area contributed by atoms with Crippen LogP contribution in [0.25, 0.3) is 0 Å². The van der Waals surface area contributed by atoms with Crippen LogP contribution in [0.4, 0.5) is 0 Å². The Hall–Kier alpha value is 0.110. The topological polar surface area (TPSA) is 37.3 Å². The number of carbonyl (C=O) groups is 1. The van der Waals surface area contributed by atoms with E-state index in [1.165, 1.54) is 11.8 Å². The van der Waals surface area contributed by atoms with Gasteiger partial charge in [-0.25, -0.2) is 0 Å². The number of carboxylic acids is 1. The Morgan fingerprint density at radius 2 is 2.50 bits per heavy atom. The van der Waals surface area contributed by atoms with Crippen molar-refractivity contribution in [2.45, 2.75) is 5.38 Å². The molecule has 1 N–H and O–H groups in total. The number of thioether (sulfide) groups is 1. The molecule has 0 aliphatic rings. The third kappa shape index (κ3) is 3.16. The van der Waals surface area contributed by atoms with Crippen LogP contribution >= 0.6 is 23.4 Å². The van der Waals surface area contributed by atoms with Gasteiger partial charge in [-0.05, 0) is 6.26 Å². The molecule has 0 amide bonds. The first-order chi connectivity index (χ1) is 3.68. The summed E-state index contributed by atoms with van der Waals surface area (Å²) in [5, 5.41) is 7.44. The molecule has 4 heteroatoms. The molecule has 0 saturated heterocycles. The standard InChI is InChI=1S/C4H7ClO2S/c1-8-2-3(5)4(6)7/h3H,2H2,1H3,(H,6,7)/t3-/m0/s1. The molecule has 0 fully saturated rings. The van der Waals surface area contributed by atoms with Crippen molar-refractivity contribution in [3.05, 3.63) is 0 Å². The minimum atomic E-state index is -0.944. The fraction of sp³-hybridized carbons (Fsp3) is 0.750. The zero-order valence-corrected chi connectivity index (χ0v) is 6.00. The Morgan fingerprint density at radius 3 is 2.62 bits per heavy atom. The highest BCUT2D eigenvalue weighted by atomic mass is 35.5. The van der Waals surface area contributed by atoms with Gasteiger partial charge in [-0.15, -0.1) is 11.6 Å². The van der Waals surface area contributed by atoms with E-state index in [1.54, 1.807) is 0 Å². The maximum atomic E-state index is 9.94. The Kier molecular flexibility index (Phi) is 4.09. The molecular weight excluding hydrogens is 148 g/mol. The fourth-order valence-corrected chi connectivity index (χ4v) is 1.03. The average Bonchev–Trinajstić information content (AvgIpc) is 1.67. The Morgan fingerprint density at radius 1 is 2.00 bits per heavy atom. The van der Waals surface area contributed by atoms with E-state index < -0.39 is 11.3 Å². The average molecular weight is 155 g/mol. The van der Waals surface area contributed by atoms with Gasteiger partial charge in [0.1, 0.15) is 5.38 Å². The Labute approximate surface area is 57.2 Å². The van der Waals surface area contributed by atoms with Crippen molar-refractivity contribution in [3.63, 3.8) is 0 Å². The summed E-state index contributed by atoms with van der Waals surface area (Å²) in [5.74, 6) is -0.474. The zero-order valence-electron chi connectivity index (χ0n) is 4.43. The predicted molar refractivity (Wildman–Crippen MR) is 35.7 cm³/mol. The molecule has 0 bridgehead atoms. The highest BCUT2D eigenvalue weighted by Crippen LogP contribution is 2.03. The molecule has 2 nitrogen and oxygen atoms in total. The van der Waals surface area contributed by atoms with Gasteiger partial charge in [0.25, 0.3) is 0 Å². The van der Waals surface area contributed by atoms with Crippen LogP contribution in [0.3, 0.4) is 0 Å². The third-order valence-electron chi connectivity index (χ3n) is 0.581. The minimum absolute atomic E-state index is 0.469. The van der Waals surface area contributed by atoms with Crippen LogP contribution in [0, 0.1) is 0 Å². The molecule has 0 radical (unpaired) electrons. The van der Waals surface area contributed by atoms with Crippen LogP contribution in [0.2, 0.25) is 0 Å². The van der Waals surface area contributed by atoms with Crippen LogP contribution < -0.4 is 0 Å². The summed E-state index contributed by atoms with van der Waals surface area (Å²) in [6.45, 7) is 0. The number of carboxylic acid groups (broad SMARTS) is 1. The first-order valence-electron chi connectivity index (χ1n) is 2.04. The Bertz CT molecular complexity index is 86.1. The molecule has 8 heavy (non-hydrogen) atoms. The van der Waals surface area contributed by atoms with Crippen molar-refractivity contribution in [1.29, 1.82) is 0 Å². The number of hydrogen-bond acceptors (Lipinski definition) is 2. The van der Waals surface area contributed by atoms with E-state index in [1.807, 2.05) is 6.26 Å². The SMILES string of the molecule is CSC[C@H](Cl)C(=O)O. The van der Waals surface area contributed by atoms with Gasteiger partial charge in [0.05, 0.1) is 0 Å². The van der Waals surface area contributed by atoms with Crippen molar-refractivity contribution in [3.8, 4) is 0 Å². The van der Waals surface area contributed by atoms with Gasteiger partial charge in [-0.2, -0.15) is 11.8 Å². The molecule has 1 atom stereocenters. The van der Waals surface area contributed by atoms with Crippen LogP contribution in [-0.4, -0.2) is 28.5 Å². The van der Waals surface area contributed by atoms with Crippen molar-refractivity contribution in [2.24, 2.45) is 0 Å². The molecule has 0 aliphatic heterocycles. The summed E-state index contributed by atoms with van der Waals surface area (Å²) >= 11 is 6.72. The normalized spacial score (nSPS) is 13.2. The number of aliphatic carboxylic acids is 1. The Balaban J connectivity index is 3.32. The van der Waals surface area contributed by atoms with Crippen LogP contribution in [0.1, 0.15) is 0 Å². The lowest BCUT2D eigenvalue weighted by Gasteiger charge is -1.97. The van der Waals surface area contributed by atoms with Crippen molar-refractivity contribution in [1.82, 2.24) is 0 Å². The molecule has 0 unspecified atom stereocenters. The second kappa shape index (κ2) is 4.04. The van der Waals surface area contributed by atoms with Gasteiger partial charge in [0.2, 0.25) is 0 Å². The second-order valence-corrected chi connectivity index (χ2v) is 2.70. The van der Waals surface area contributed by atoms with Gasteiger partial charge in [-0.1, -0.05) is 0 Å². The van der Waals surface area contributed by atoms with Gasteiger partial charge in [0.15, 0.2) is 0 Å². The summed E-state index contributed by atoms with van der Waals surface area (Å²) in [6.07, 6.45) is 1.82. The molecule has 0 aromatic carbocycles. The molecule has 48 valence electrons. The molecule has 0 rings (SSSR count). The van der Waals surface area contributed by atoms with Crippen molar-refractivity contribution in [2.75, 3.05) is 12.0 Å². The van der Waals surface area contributed by atoms with Gasteiger partial charge in [-0.3, -0.25) is 4.79 Å². The quantitative estimate of drug-likeness (QED) is 0.618. The summed E-state index contributed by atoms with van der Waals surface area (Å²) in [7, 11) is 0. The van der Waals surface area contributed by atoms with Crippen molar-refractivity contribution >= 4 is 29.3 Å². The maximum absolute atomic E-state index is 9.94. The van der Waals surface area contributed by atoms with Gasteiger partial charge < -0.3 is 5.11 Å². The highest BCUT2D eigenvalue weighted by Gasteiger charge is 2.10. The second-order valence-electron chi connectivity index (χ2n) is 1.26. The van der Waals surface area contributed by atoms with E-state index in [0.29, 0.717) is 5.75 Å². The van der Waals surface area contributed by atoms with Crippen molar-refractivity contribution < 1.29 is 9.90 Å². The largest absolute Gasteiger partial charge is 0.480 e. The van der Waals surface area contributed by atoms with E-state index >= 15 is 0 Å². The maximum Gasteiger partial charge on any atom is 0.322 e. The lowest BCUT2D eigenvalue weighted by molar-refractivity contribution is -0.136. The molecule has 0 aliphatic carbocycles. The van der Waals surface area contributed by atoms with E-state index in [-0.39, 0.29) is 0 Å². The number of halogens is 1. The summed E-state index contributed by atoms with van der Waals surface area (Å²) in [6, 6.07) is 0. The van der Waals surface area contributed by atoms with Crippen LogP contribution in [0.15, 0.2) is 0 Å². The molecule has 0 aromatic heterocycles. The smallest absolute Gasteiger partial charge is 0.322 e. The fourth-order valence-electron chi connectivity index (χ4n) is 0.218. The summed E-state index contributed by atoms with van der Waals surface area (Å²) in [5.41, 5.74) is 0. The number of rotatable bonds is 3. The molecular formula is C4H7ClO2S. The van der Waals surface area contributed by atoms with E-state index in [4.69, 9.17) is 16.7 Å². The predicted octanol–water partition coefficient (Wildman–Crippen LogP) is 1.04. The molecule has 0 heterocycles.